The van der Waals surface area contributed by atoms with Crippen LogP contribution in [0.5, 0.6) is 5.75 Å². The van der Waals surface area contributed by atoms with Gasteiger partial charge in [0.1, 0.15) is 11.2 Å². The van der Waals surface area contributed by atoms with Crippen LogP contribution in [0.2, 0.25) is 0 Å². The van der Waals surface area contributed by atoms with Crippen molar-refractivity contribution in [3.63, 3.8) is 0 Å². The van der Waals surface area contributed by atoms with Crippen LogP contribution in [0.4, 0.5) is 8.78 Å². The summed E-state index contributed by atoms with van der Waals surface area (Å²) in [6, 6.07) is 2.72. The second kappa shape index (κ2) is 4.69. The number of rotatable bonds is 3. The number of alkyl halides is 2. The molecule has 2 rings (SSSR count). The lowest BCUT2D eigenvalue weighted by Gasteiger charge is -2.09. The van der Waals surface area contributed by atoms with Crippen LogP contribution in [0.15, 0.2) is 16.9 Å². The molecule has 0 unspecified atom stereocenters. The quantitative estimate of drug-likeness (QED) is 0.868. The van der Waals surface area contributed by atoms with E-state index in [0.717, 1.165) is 0 Å². The van der Waals surface area contributed by atoms with Gasteiger partial charge in [0, 0.05) is 0 Å². The van der Waals surface area contributed by atoms with Crippen molar-refractivity contribution in [1.82, 2.24) is 9.97 Å². The molecule has 1 aromatic carbocycles. The second-order valence-corrected chi connectivity index (χ2v) is 3.68. The van der Waals surface area contributed by atoms with E-state index in [4.69, 9.17) is 5.11 Å². The van der Waals surface area contributed by atoms with E-state index in [1.165, 1.54) is 19.1 Å². The third-order valence-electron chi connectivity index (χ3n) is 2.39. The van der Waals surface area contributed by atoms with Gasteiger partial charge in [-0.2, -0.15) is 8.78 Å². The van der Waals surface area contributed by atoms with E-state index in [0.29, 0.717) is 5.56 Å². The predicted molar refractivity (Wildman–Crippen MR) is 59.7 cm³/mol. The molecule has 0 fully saturated rings. The molecule has 96 valence electrons. The number of ether oxygens (including phenoxy) is 1. The molecule has 7 heteroatoms. The first-order valence-electron chi connectivity index (χ1n) is 5.10. The number of H-pyrrole nitrogens is 1. The van der Waals surface area contributed by atoms with Crippen molar-refractivity contribution in [3.8, 4) is 5.75 Å². The molecule has 5 nitrogen and oxygen atoms in total. The normalized spacial score (nSPS) is 11.2. The van der Waals surface area contributed by atoms with E-state index in [2.05, 4.69) is 14.7 Å². The van der Waals surface area contributed by atoms with Crippen LogP contribution in [0.1, 0.15) is 11.3 Å². The van der Waals surface area contributed by atoms with Crippen molar-refractivity contribution in [2.24, 2.45) is 0 Å². The number of benzene rings is 1. The highest BCUT2D eigenvalue weighted by atomic mass is 19.3. The molecule has 0 spiro atoms. The summed E-state index contributed by atoms with van der Waals surface area (Å²) in [5.74, 6) is -0.175. The van der Waals surface area contributed by atoms with E-state index < -0.39 is 12.2 Å². The van der Waals surface area contributed by atoms with Gasteiger partial charge in [-0.15, -0.1) is 0 Å². The largest absolute Gasteiger partial charge is 0.432 e. The number of hydrogen-bond donors (Lipinski definition) is 2. The Kier molecular flexibility index (Phi) is 3.24. The molecule has 0 aliphatic carbocycles. The van der Waals surface area contributed by atoms with Gasteiger partial charge in [0.15, 0.2) is 5.75 Å². The molecule has 0 radical (unpaired) electrons. The molecule has 18 heavy (non-hydrogen) atoms. The minimum Gasteiger partial charge on any atom is -0.432 e. The van der Waals surface area contributed by atoms with Crippen LogP contribution in [0.3, 0.4) is 0 Å². The van der Waals surface area contributed by atoms with Gasteiger partial charge in [0.05, 0.1) is 12.1 Å². The molecule has 0 aliphatic heterocycles. The number of aliphatic hydroxyl groups is 1. The highest BCUT2D eigenvalue weighted by Gasteiger charge is 2.13. The summed E-state index contributed by atoms with van der Waals surface area (Å²) in [7, 11) is 0. The van der Waals surface area contributed by atoms with Crippen LogP contribution in [-0.4, -0.2) is 21.7 Å². The Balaban J connectivity index is 2.72. The zero-order valence-electron chi connectivity index (χ0n) is 9.41. The average molecular weight is 256 g/mol. The fourth-order valence-electron chi connectivity index (χ4n) is 1.58. The number of aryl methyl sites for hydroxylation is 1. The number of aromatic nitrogens is 2. The van der Waals surface area contributed by atoms with E-state index in [9.17, 15) is 13.6 Å². The maximum absolute atomic E-state index is 12.3. The Labute approximate surface area is 100 Å². The first kappa shape index (κ1) is 12.4. The molecule has 0 saturated carbocycles. The molecule has 2 aromatic rings. The van der Waals surface area contributed by atoms with Crippen molar-refractivity contribution in [3.05, 3.63) is 33.7 Å². The van der Waals surface area contributed by atoms with Crippen LogP contribution in [0.25, 0.3) is 11.0 Å². The Morgan fingerprint density at radius 2 is 2.22 bits per heavy atom. The maximum atomic E-state index is 12.3. The number of nitrogens with zero attached hydrogens (tertiary/aromatic N) is 1. The molecule has 0 atom stereocenters. The van der Waals surface area contributed by atoms with E-state index in [-0.39, 0.29) is 29.1 Å². The Morgan fingerprint density at radius 3 is 2.83 bits per heavy atom. The van der Waals surface area contributed by atoms with Gasteiger partial charge in [0.25, 0.3) is 5.56 Å². The Bertz CT molecular complexity index is 640. The number of aromatic amines is 1. The summed E-state index contributed by atoms with van der Waals surface area (Å²) in [5, 5.41) is 9.02. The van der Waals surface area contributed by atoms with Crippen LogP contribution >= 0.6 is 0 Å². The lowest BCUT2D eigenvalue weighted by Crippen LogP contribution is -2.13. The molecular weight excluding hydrogens is 246 g/mol. The lowest BCUT2D eigenvalue weighted by atomic mass is 10.2. The van der Waals surface area contributed by atoms with Crippen LogP contribution < -0.4 is 10.3 Å². The molecule has 2 N–H and O–H groups in total. The van der Waals surface area contributed by atoms with Crippen molar-refractivity contribution in [1.29, 1.82) is 0 Å². The maximum Gasteiger partial charge on any atom is 0.387 e. The van der Waals surface area contributed by atoms with Gasteiger partial charge in [-0.3, -0.25) is 4.79 Å². The van der Waals surface area contributed by atoms with Crippen molar-refractivity contribution >= 4 is 11.0 Å². The minimum atomic E-state index is -3.00. The number of hydrogen-bond acceptors (Lipinski definition) is 4. The van der Waals surface area contributed by atoms with Crippen LogP contribution in [0, 0.1) is 6.92 Å². The molecule has 0 amide bonds. The fraction of sp³-hybridized carbons (Fsp3) is 0.273. The SMILES string of the molecule is Cc1nc2c(OC(F)F)cc(CO)cc2[nH]c1=O. The Morgan fingerprint density at radius 1 is 1.50 bits per heavy atom. The standard InChI is InChI=1S/C11H10F2N2O3/c1-5-10(17)15-7-2-6(4-16)3-8(9(7)14-5)18-11(12)13/h2-3,11,16H,4H2,1H3,(H,15,17). The minimum absolute atomic E-state index is 0.129. The topological polar surface area (TPSA) is 75.2 Å². The Hall–Kier alpha value is -2.02. The highest BCUT2D eigenvalue weighted by Crippen LogP contribution is 2.25. The van der Waals surface area contributed by atoms with Gasteiger partial charge in [-0.05, 0) is 24.6 Å². The van der Waals surface area contributed by atoms with E-state index >= 15 is 0 Å². The first-order chi connectivity index (χ1) is 8.51. The van der Waals surface area contributed by atoms with Gasteiger partial charge in [0.2, 0.25) is 0 Å². The smallest absolute Gasteiger partial charge is 0.387 e. The van der Waals surface area contributed by atoms with Gasteiger partial charge >= 0.3 is 6.61 Å². The third kappa shape index (κ3) is 2.30. The van der Waals surface area contributed by atoms with Gasteiger partial charge in [-0.25, -0.2) is 4.98 Å². The van der Waals surface area contributed by atoms with Gasteiger partial charge in [-0.1, -0.05) is 0 Å². The summed E-state index contributed by atoms with van der Waals surface area (Å²) in [4.78, 5) is 17.8. The highest BCUT2D eigenvalue weighted by molar-refractivity contribution is 5.81. The first-order valence-corrected chi connectivity index (χ1v) is 5.10. The van der Waals surface area contributed by atoms with Crippen molar-refractivity contribution in [2.75, 3.05) is 0 Å². The average Bonchev–Trinajstić information content (AvgIpc) is 2.30. The molecular formula is C11H10F2N2O3. The summed E-state index contributed by atoms with van der Waals surface area (Å²) in [6.07, 6.45) is 0. The second-order valence-electron chi connectivity index (χ2n) is 3.68. The summed E-state index contributed by atoms with van der Waals surface area (Å²) in [5.41, 5.74) is 0.454. The molecule has 0 aliphatic rings. The fourth-order valence-corrected chi connectivity index (χ4v) is 1.58. The zero-order valence-corrected chi connectivity index (χ0v) is 9.41. The van der Waals surface area contributed by atoms with E-state index in [1.807, 2.05) is 0 Å². The monoisotopic (exact) mass is 256 g/mol. The molecule has 1 heterocycles. The molecule has 0 bridgehead atoms. The molecule has 0 saturated heterocycles. The molecule has 1 aromatic heterocycles. The van der Waals surface area contributed by atoms with Crippen molar-refractivity contribution < 1.29 is 18.6 Å². The number of halogens is 2. The summed E-state index contributed by atoms with van der Waals surface area (Å²) < 4.78 is 28.9. The van der Waals surface area contributed by atoms with Gasteiger partial charge < -0.3 is 14.8 Å². The number of aliphatic hydroxyl groups excluding tert-OH is 1. The predicted octanol–water partition coefficient (Wildman–Crippen LogP) is 1.33. The van der Waals surface area contributed by atoms with Crippen LogP contribution in [-0.2, 0) is 6.61 Å². The van der Waals surface area contributed by atoms with Crippen molar-refractivity contribution in [2.45, 2.75) is 20.1 Å². The van der Waals surface area contributed by atoms with E-state index in [1.54, 1.807) is 0 Å². The zero-order chi connectivity index (χ0) is 13.3. The number of nitrogens with one attached hydrogen (secondary N) is 1. The summed E-state index contributed by atoms with van der Waals surface area (Å²) in [6.45, 7) is -1.90. The number of fused-ring (bicyclic) bond motifs is 1. The lowest BCUT2D eigenvalue weighted by molar-refractivity contribution is -0.0490. The summed E-state index contributed by atoms with van der Waals surface area (Å²) >= 11 is 0. The third-order valence-corrected chi connectivity index (χ3v) is 2.39.